The van der Waals surface area contributed by atoms with E-state index < -0.39 is 10.0 Å². The lowest BCUT2D eigenvalue weighted by Gasteiger charge is -2.09. The smallest absolute Gasteiger partial charge is 0.265 e. The van der Waals surface area contributed by atoms with Crippen LogP contribution >= 0.6 is 0 Å². The van der Waals surface area contributed by atoms with Gasteiger partial charge in [0.05, 0.1) is 28.8 Å². The van der Waals surface area contributed by atoms with Gasteiger partial charge in [0.15, 0.2) is 0 Å². The summed E-state index contributed by atoms with van der Waals surface area (Å²) < 4.78 is 29.4. The van der Waals surface area contributed by atoms with Gasteiger partial charge in [0.25, 0.3) is 10.0 Å². The Balaban J connectivity index is 2.10. The number of nitrogens with zero attached hydrogens (tertiary/aromatic N) is 3. The van der Waals surface area contributed by atoms with Crippen LogP contribution in [0.25, 0.3) is 10.9 Å². The van der Waals surface area contributed by atoms with Crippen LogP contribution in [-0.2, 0) is 17.1 Å². The Morgan fingerprint density at radius 2 is 2.05 bits per heavy atom. The van der Waals surface area contributed by atoms with E-state index in [2.05, 4.69) is 20.0 Å². The average molecular weight is 305 g/mol. The monoisotopic (exact) mass is 305 g/mol. The molecule has 0 amide bonds. The molecule has 0 spiro atoms. The molecule has 0 aliphatic rings. The number of aromatic nitrogens is 4. The molecule has 8 heteroatoms. The summed E-state index contributed by atoms with van der Waals surface area (Å²) in [5, 5.41) is 11.6. The van der Waals surface area contributed by atoms with Crippen molar-refractivity contribution >= 4 is 26.6 Å². The molecule has 0 bridgehead atoms. The van der Waals surface area contributed by atoms with Gasteiger partial charge in [0, 0.05) is 12.4 Å². The Kier molecular flexibility index (Phi) is 2.98. The highest BCUT2D eigenvalue weighted by molar-refractivity contribution is 7.92. The van der Waals surface area contributed by atoms with Crippen molar-refractivity contribution in [1.82, 2.24) is 20.0 Å². The van der Waals surface area contributed by atoms with Crippen LogP contribution in [0.15, 0.2) is 29.3 Å². The number of benzene rings is 1. The fraction of sp³-hybridized carbons (Fsp3) is 0.231. The zero-order valence-corrected chi connectivity index (χ0v) is 12.7. The number of aryl methyl sites for hydroxylation is 2. The fourth-order valence-electron chi connectivity index (χ4n) is 2.40. The summed E-state index contributed by atoms with van der Waals surface area (Å²) in [6.07, 6.45) is 1.59. The van der Waals surface area contributed by atoms with E-state index in [-0.39, 0.29) is 4.90 Å². The molecule has 3 rings (SSSR count). The zero-order valence-electron chi connectivity index (χ0n) is 11.9. The molecule has 2 N–H and O–H groups in total. The molecule has 1 aromatic carbocycles. The highest BCUT2D eigenvalue weighted by Gasteiger charge is 2.24. The first-order valence-corrected chi connectivity index (χ1v) is 7.83. The number of H-pyrrole nitrogens is 1. The number of hydrogen-bond acceptors (Lipinski definition) is 4. The molecule has 0 saturated carbocycles. The molecule has 110 valence electrons. The molecular formula is C13H15N5O2S. The molecule has 7 nitrogen and oxygen atoms in total. The second-order valence-electron chi connectivity index (χ2n) is 4.87. The first-order chi connectivity index (χ1) is 9.90. The first-order valence-electron chi connectivity index (χ1n) is 6.35. The number of rotatable bonds is 3. The molecular weight excluding hydrogens is 290 g/mol. The molecule has 0 aliphatic heterocycles. The van der Waals surface area contributed by atoms with Crippen molar-refractivity contribution in [3.63, 3.8) is 0 Å². The van der Waals surface area contributed by atoms with Crippen LogP contribution in [-0.4, -0.2) is 28.4 Å². The first kappa shape index (κ1) is 13.6. The Morgan fingerprint density at radius 3 is 2.71 bits per heavy atom. The van der Waals surface area contributed by atoms with Gasteiger partial charge in [-0.15, -0.1) is 0 Å². The Morgan fingerprint density at radius 1 is 1.29 bits per heavy atom. The topological polar surface area (TPSA) is 92.7 Å². The maximum Gasteiger partial charge on any atom is 0.265 e. The van der Waals surface area contributed by atoms with Crippen molar-refractivity contribution in [3.8, 4) is 0 Å². The molecule has 0 fully saturated rings. The van der Waals surface area contributed by atoms with Gasteiger partial charge in [-0.2, -0.15) is 10.2 Å². The van der Waals surface area contributed by atoms with Gasteiger partial charge in [-0.3, -0.25) is 14.5 Å². The summed E-state index contributed by atoms with van der Waals surface area (Å²) in [6.45, 7) is 3.41. The molecule has 3 aromatic rings. The average Bonchev–Trinajstić information content (AvgIpc) is 2.95. The van der Waals surface area contributed by atoms with E-state index in [0.29, 0.717) is 17.1 Å². The van der Waals surface area contributed by atoms with Crippen molar-refractivity contribution in [2.75, 3.05) is 4.72 Å². The highest BCUT2D eigenvalue weighted by atomic mass is 32.2. The van der Waals surface area contributed by atoms with Crippen LogP contribution < -0.4 is 4.72 Å². The van der Waals surface area contributed by atoms with E-state index in [1.807, 2.05) is 6.07 Å². The van der Waals surface area contributed by atoms with Gasteiger partial charge in [-0.25, -0.2) is 8.42 Å². The normalized spacial score (nSPS) is 12.0. The van der Waals surface area contributed by atoms with Crippen molar-refractivity contribution in [2.24, 2.45) is 7.05 Å². The largest absolute Gasteiger partial charge is 0.279 e. The summed E-state index contributed by atoms with van der Waals surface area (Å²) in [5.41, 5.74) is 2.33. The molecule has 2 aromatic heterocycles. The molecule has 0 atom stereocenters. The number of nitrogens with one attached hydrogen (secondary N) is 2. The van der Waals surface area contributed by atoms with Crippen molar-refractivity contribution in [1.29, 1.82) is 0 Å². The minimum atomic E-state index is -3.70. The van der Waals surface area contributed by atoms with Gasteiger partial charge < -0.3 is 0 Å². The highest BCUT2D eigenvalue weighted by Crippen LogP contribution is 2.26. The van der Waals surface area contributed by atoms with E-state index >= 15 is 0 Å². The van der Waals surface area contributed by atoms with Gasteiger partial charge in [0.2, 0.25) is 0 Å². The SMILES string of the molecule is Cc1nn(C)c(C)c1S(=O)(=O)Nc1cccc2[nH]ncc12. The molecule has 21 heavy (non-hydrogen) atoms. The second-order valence-corrected chi connectivity index (χ2v) is 6.49. The van der Waals surface area contributed by atoms with E-state index in [1.54, 1.807) is 43.9 Å². The maximum atomic E-state index is 12.6. The van der Waals surface area contributed by atoms with Crippen molar-refractivity contribution in [3.05, 3.63) is 35.8 Å². The minimum Gasteiger partial charge on any atom is -0.279 e. The zero-order chi connectivity index (χ0) is 15.2. The molecule has 0 radical (unpaired) electrons. The number of fused-ring (bicyclic) bond motifs is 1. The number of sulfonamides is 1. The van der Waals surface area contributed by atoms with Gasteiger partial charge in [-0.05, 0) is 26.0 Å². The third-order valence-electron chi connectivity index (χ3n) is 3.44. The number of aromatic amines is 1. The van der Waals surface area contributed by atoms with Crippen LogP contribution in [0.2, 0.25) is 0 Å². The standard InChI is InChI=1S/C13H15N5O2S/c1-8-13(9(2)18(3)16-8)21(19,20)17-12-6-4-5-11-10(12)7-14-15-11/h4-7,17H,1-3H3,(H,14,15). The molecule has 2 heterocycles. The lowest BCUT2D eigenvalue weighted by atomic mass is 10.2. The van der Waals surface area contributed by atoms with E-state index in [1.165, 1.54) is 0 Å². The second kappa shape index (κ2) is 4.59. The van der Waals surface area contributed by atoms with Crippen LogP contribution in [0.3, 0.4) is 0 Å². The quantitative estimate of drug-likeness (QED) is 0.770. The van der Waals surface area contributed by atoms with Crippen LogP contribution in [0.5, 0.6) is 0 Å². The van der Waals surface area contributed by atoms with E-state index in [9.17, 15) is 8.42 Å². The van der Waals surface area contributed by atoms with Crippen molar-refractivity contribution < 1.29 is 8.42 Å². The molecule has 0 aliphatic carbocycles. The molecule has 0 unspecified atom stereocenters. The Labute approximate surface area is 122 Å². The fourth-order valence-corrected chi connectivity index (χ4v) is 3.92. The number of hydrogen-bond donors (Lipinski definition) is 2. The van der Waals surface area contributed by atoms with Gasteiger partial charge in [-0.1, -0.05) is 6.07 Å². The van der Waals surface area contributed by atoms with Crippen molar-refractivity contribution in [2.45, 2.75) is 18.7 Å². The predicted octanol–water partition coefficient (Wildman–Crippen LogP) is 1.71. The van der Waals surface area contributed by atoms with Crippen LogP contribution in [0.1, 0.15) is 11.4 Å². The third kappa shape index (κ3) is 2.17. The summed E-state index contributed by atoms with van der Waals surface area (Å²) in [6, 6.07) is 5.30. The Hall–Kier alpha value is -2.35. The van der Waals surface area contributed by atoms with Crippen LogP contribution in [0, 0.1) is 13.8 Å². The lowest BCUT2D eigenvalue weighted by Crippen LogP contribution is -2.15. The van der Waals surface area contributed by atoms with Gasteiger partial charge >= 0.3 is 0 Å². The summed E-state index contributed by atoms with van der Waals surface area (Å²) in [7, 11) is -1.98. The Bertz CT molecular complexity index is 923. The summed E-state index contributed by atoms with van der Waals surface area (Å²) in [5.74, 6) is 0. The maximum absolute atomic E-state index is 12.6. The third-order valence-corrected chi connectivity index (χ3v) is 5.06. The number of anilines is 1. The van der Waals surface area contributed by atoms with Crippen LogP contribution in [0.4, 0.5) is 5.69 Å². The lowest BCUT2D eigenvalue weighted by molar-refractivity contribution is 0.599. The summed E-state index contributed by atoms with van der Waals surface area (Å²) >= 11 is 0. The minimum absolute atomic E-state index is 0.213. The van der Waals surface area contributed by atoms with E-state index in [4.69, 9.17) is 0 Å². The predicted molar refractivity (Wildman–Crippen MR) is 79.6 cm³/mol. The molecule has 0 saturated heterocycles. The summed E-state index contributed by atoms with van der Waals surface area (Å²) in [4.78, 5) is 0.213. The van der Waals surface area contributed by atoms with E-state index in [0.717, 1.165) is 10.9 Å². The van der Waals surface area contributed by atoms with Gasteiger partial charge in [0.1, 0.15) is 4.90 Å².